The van der Waals surface area contributed by atoms with Gasteiger partial charge in [0.1, 0.15) is 11.2 Å². The number of esters is 2. The lowest BCUT2D eigenvalue weighted by Gasteiger charge is -2.26. The minimum Gasteiger partial charge on any atom is -0.460 e. The Morgan fingerprint density at radius 3 is 1.29 bits per heavy atom. The monoisotopic (exact) mass is 301 g/mol. The van der Waals surface area contributed by atoms with Crippen LogP contribution in [0.3, 0.4) is 0 Å². The van der Waals surface area contributed by atoms with Crippen LogP contribution in [0.4, 0.5) is 0 Å². The first kappa shape index (κ1) is 19.9. The van der Waals surface area contributed by atoms with Crippen LogP contribution in [0.2, 0.25) is 0 Å². The lowest BCUT2D eigenvalue weighted by molar-refractivity contribution is -0.155. The first-order valence-electron chi connectivity index (χ1n) is 7.43. The van der Waals surface area contributed by atoms with E-state index in [1.54, 1.807) is 0 Å². The van der Waals surface area contributed by atoms with Crippen LogP contribution >= 0.6 is 0 Å². The molecule has 0 bridgehead atoms. The van der Waals surface area contributed by atoms with Crippen molar-refractivity contribution < 1.29 is 19.1 Å². The summed E-state index contributed by atoms with van der Waals surface area (Å²) >= 11 is 0. The zero-order valence-electron chi connectivity index (χ0n) is 14.5. The van der Waals surface area contributed by atoms with Crippen LogP contribution < -0.4 is 5.73 Å². The molecule has 0 aliphatic heterocycles. The van der Waals surface area contributed by atoms with E-state index in [2.05, 4.69) is 0 Å². The van der Waals surface area contributed by atoms with Crippen molar-refractivity contribution in [2.24, 2.45) is 5.73 Å². The van der Waals surface area contributed by atoms with Gasteiger partial charge in [-0.05, 0) is 61.3 Å². The average Bonchev–Trinajstić information content (AvgIpc) is 2.19. The molecule has 0 saturated heterocycles. The molecule has 0 fully saturated rings. The second-order valence-electron chi connectivity index (χ2n) is 7.83. The summed E-state index contributed by atoms with van der Waals surface area (Å²) in [6, 6.07) is 0. The molecule has 0 radical (unpaired) electrons. The Bertz CT molecular complexity index is 327. The van der Waals surface area contributed by atoms with Crippen molar-refractivity contribution in [2.45, 2.75) is 90.9 Å². The number of carbonyl (C=O) groups is 2. The standard InChI is InChI=1S/C16H31NO4/c1-14(2,3)20-12(18)8-10-16(7,17)11-9-13(19)21-15(4,5)6/h8-11,17H2,1-7H3. The molecule has 2 N–H and O–H groups in total. The van der Waals surface area contributed by atoms with Gasteiger partial charge in [-0.15, -0.1) is 0 Å². The first-order valence-corrected chi connectivity index (χ1v) is 7.43. The SMILES string of the molecule is CC(N)(CCC(=O)OC(C)(C)C)CCC(=O)OC(C)(C)C. The fourth-order valence-corrected chi connectivity index (χ4v) is 1.69. The minimum atomic E-state index is -0.589. The molecule has 21 heavy (non-hydrogen) atoms. The highest BCUT2D eigenvalue weighted by atomic mass is 16.6. The van der Waals surface area contributed by atoms with Gasteiger partial charge in [-0.2, -0.15) is 0 Å². The van der Waals surface area contributed by atoms with Crippen molar-refractivity contribution in [3.63, 3.8) is 0 Å². The van der Waals surface area contributed by atoms with Crippen molar-refractivity contribution >= 4 is 11.9 Å². The van der Waals surface area contributed by atoms with Crippen LogP contribution in [0.25, 0.3) is 0 Å². The highest BCUT2D eigenvalue weighted by Crippen LogP contribution is 2.19. The number of nitrogens with two attached hydrogens (primary N) is 1. The summed E-state index contributed by atoms with van der Waals surface area (Å²) in [5.41, 5.74) is 4.56. The molecule has 0 aliphatic rings. The third-order valence-corrected chi connectivity index (χ3v) is 2.64. The van der Waals surface area contributed by atoms with Gasteiger partial charge >= 0.3 is 11.9 Å². The first-order chi connectivity index (χ1) is 9.20. The highest BCUT2D eigenvalue weighted by molar-refractivity contribution is 5.70. The summed E-state index contributed by atoms with van der Waals surface area (Å²) in [6.45, 7) is 12.8. The van der Waals surface area contributed by atoms with Gasteiger partial charge < -0.3 is 15.2 Å². The van der Waals surface area contributed by atoms with Crippen LogP contribution in [-0.4, -0.2) is 28.7 Å². The van der Waals surface area contributed by atoms with Crippen LogP contribution in [0, 0.1) is 0 Å². The Morgan fingerprint density at radius 2 is 1.05 bits per heavy atom. The van der Waals surface area contributed by atoms with Gasteiger partial charge in [0.05, 0.1) is 0 Å². The van der Waals surface area contributed by atoms with Gasteiger partial charge in [0, 0.05) is 18.4 Å². The van der Waals surface area contributed by atoms with Gasteiger partial charge in [-0.1, -0.05) is 0 Å². The molecule has 124 valence electrons. The second kappa shape index (κ2) is 7.25. The van der Waals surface area contributed by atoms with Gasteiger partial charge in [0.15, 0.2) is 0 Å². The number of rotatable bonds is 6. The lowest BCUT2D eigenvalue weighted by Crippen LogP contribution is -2.38. The van der Waals surface area contributed by atoms with E-state index in [4.69, 9.17) is 15.2 Å². The molecule has 0 aromatic heterocycles. The van der Waals surface area contributed by atoms with Crippen molar-refractivity contribution in [2.75, 3.05) is 0 Å². The van der Waals surface area contributed by atoms with E-state index in [0.29, 0.717) is 12.8 Å². The van der Waals surface area contributed by atoms with Crippen LogP contribution in [0.1, 0.15) is 74.1 Å². The predicted molar refractivity (Wildman–Crippen MR) is 82.8 cm³/mol. The maximum Gasteiger partial charge on any atom is 0.306 e. The molecule has 0 spiro atoms. The van der Waals surface area contributed by atoms with Crippen LogP contribution in [-0.2, 0) is 19.1 Å². The number of carbonyl (C=O) groups excluding carboxylic acids is 2. The number of hydrogen-bond donors (Lipinski definition) is 1. The molecular formula is C16H31NO4. The van der Waals surface area contributed by atoms with E-state index in [9.17, 15) is 9.59 Å². The molecule has 0 saturated carbocycles. The van der Waals surface area contributed by atoms with Crippen LogP contribution in [0.15, 0.2) is 0 Å². The molecule has 0 heterocycles. The van der Waals surface area contributed by atoms with E-state index < -0.39 is 16.7 Å². The molecule has 0 aromatic carbocycles. The zero-order valence-corrected chi connectivity index (χ0v) is 14.5. The van der Waals surface area contributed by atoms with Crippen molar-refractivity contribution in [3.05, 3.63) is 0 Å². The third kappa shape index (κ3) is 12.4. The summed E-state index contributed by atoms with van der Waals surface area (Å²) in [7, 11) is 0. The van der Waals surface area contributed by atoms with E-state index in [1.807, 2.05) is 48.5 Å². The number of ether oxygens (including phenoxy) is 2. The molecule has 0 amide bonds. The number of hydrogen-bond acceptors (Lipinski definition) is 5. The maximum atomic E-state index is 11.7. The molecule has 0 aromatic rings. The van der Waals surface area contributed by atoms with Gasteiger partial charge in [-0.3, -0.25) is 9.59 Å². The average molecular weight is 301 g/mol. The minimum absolute atomic E-state index is 0.249. The summed E-state index contributed by atoms with van der Waals surface area (Å²) in [4.78, 5) is 23.3. The quantitative estimate of drug-likeness (QED) is 0.763. The molecular weight excluding hydrogens is 270 g/mol. The molecule has 0 aliphatic carbocycles. The van der Waals surface area contributed by atoms with E-state index >= 15 is 0 Å². The van der Waals surface area contributed by atoms with Crippen molar-refractivity contribution in [3.8, 4) is 0 Å². The lowest BCUT2D eigenvalue weighted by atomic mass is 9.91. The molecule has 0 unspecified atom stereocenters. The van der Waals surface area contributed by atoms with Gasteiger partial charge in [0.2, 0.25) is 0 Å². The van der Waals surface area contributed by atoms with Crippen molar-refractivity contribution in [1.29, 1.82) is 0 Å². The Morgan fingerprint density at radius 1 is 0.762 bits per heavy atom. The van der Waals surface area contributed by atoms with Gasteiger partial charge in [0.25, 0.3) is 0 Å². The fraction of sp³-hybridized carbons (Fsp3) is 0.875. The molecule has 5 nitrogen and oxygen atoms in total. The van der Waals surface area contributed by atoms with E-state index in [1.165, 1.54) is 0 Å². The zero-order chi connectivity index (χ0) is 16.9. The summed E-state index contributed by atoms with van der Waals surface area (Å²) in [5, 5.41) is 0. The summed E-state index contributed by atoms with van der Waals surface area (Å²) in [5.74, 6) is -0.534. The summed E-state index contributed by atoms with van der Waals surface area (Å²) < 4.78 is 10.5. The van der Waals surface area contributed by atoms with E-state index in [-0.39, 0.29) is 24.8 Å². The topological polar surface area (TPSA) is 78.6 Å². The maximum absolute atomic E-state index is 11.7. The van der Waals surface area contributed by atoms with Gasteiger partial charge in [-0.25, -0.2) is 0 Å². The predicted octanol–water partition coefficient (Wildman–Crippen LogP) is 2.95. The smallest absolute Gasteiger partial charge is 0.306 e. The molecule has 5 heteroatoms. The Labute approximate surface area is 128 Å². The van der Waals surface area contributed by atoms with Crippen LogP contribution in [0.5, 0.6) is 0 Å². The Balaban J connectivity index is 4.15. The molecule has 0 atom stereocenters. The third-order valence-electron chi connectivity index (χ3n) is 2.64. The normalized spacial score (nSPS) is 13.0. The fourth-order valence-electron chi connectivity index (χ4n) is 1.69. The highest BCUT2D eigenvalue weighted by Gasteiger charge is 2.25. The second-order valence-corrected chi connectivity index (χ2v) is 7.83. The largest absolute Gasteiger partial charge is 0.460 e. The van der Waals surface area contributed by atoms with Crippen molar-refractivity contribution in [1.82, 2.24) is 0 Å². The Hall–Kier alpha value is -1.10. The van der Waals surface area contributed by atoms with E-state index in [0.717, 1.165) is 0 Å². The Kier molecular flexibility index (Phi) is 6.87. The molecule has 0 rings (SSSR count). The summed E-state index contributed by atoms with van der Waals surface area (Å²) in [6.07, 6.45) is 1.45.